The van der Waals surface area contributed by atoms with Gasteiger partial charge in [0.05, 0.1) is 5.25 Å². The number of hydrogen-bond donors (Lipinski definition) is 3. The summed E-state index contributed by atoms with van der Waals surface area (Å²) < 4.78 is 55.9. The summed E-state index contributed by atoms with van der Waals surface area (Å²) in [7, 11) is -4.58. The highest BCUT2D eigenvalue weighted by molar-refractivity contribution is 14.1. The van der Waals surface area contributed by atoms with Crippen molar-refractivity contribution in [2.75, 3.05) is 17.5 Å². The molecule has 0 spiro atoms. The molecular formula is C21H30IN2O8S2-. The van der Waals surface area contributed by atoms with Crippen molar-refractivity contribution in [3.05, 3.63) is 35.4 Å². The Bertz CT molecular complexity index is 969. The molecule has 0 bridgehead atoms. The van der Waals surface area contributed by atoms with Gasteiger partial charge in [0.2, 0.25) is 5.91 Å². The standard InChI is InChI=1S/C21H31IN2O8S2/c1-14(21(23)27)4-2-3-12-24-13-10-17(33(28)29)19(25)15-5-7-16(8-6-15)20(26)18(9-11-22)34(30,31)32/h5-8,14,17-18,24H,2-4,9-13H2,1H3,(H2,23,27)(H,28,29)(H,30,31,32)/p-1. The predicted octanol–water partition coefficient (Wildman–Crippen LogP) is 1.65. The zero-order valence-electron chi connectivity index (χ0n) is 18.8. The van der Waals surface area contributed by atoms with E-state index in [1.54, 1.807) is 6.92 Å². The Labute approximate surface area is 216 Å². The zero-order chi connectivity index (χ0) is 25.9. The number of primary amides is 1. The molecule has 0 saturated carbocycles. The first-order chi connectivity index (χ1) is 15.9. The second kappa shape index (κ2) is 15.0. The van der Waals surface area contributed by atoms with Gasteiger partial charge < -0.3 is 15.6 Å². The first-order valence-corrected chi connectivity index (χ1v) is 14.9. The van der Waals surface area contributed by atoms with Gasteiger partial charge in [0, 0.05) is 21.5 Å². The van der Waals surface area contributed by atoms with Crippen LogP contribution in [0.25, 0.3) is 0 Å². The van der Waals surface area contributed by atoms with E-state index < -0.39 is 43.3 Å². The maximum atomic E-state index is 12.7. The maximum Gasteiger partial charge on any atom is 0.275 e. The minimum absolute atomic E-state index is 0.00357. The minimum Gasteiger partial charge on any atom is -0.772 e. The molecule has 4 N–H and O–H groups in total. The van der Waals surface area contributed by atoms with Crippen LogP contribution in [0.2, 0.25) is 0 Å². The van der Waals surface area contributed by atoms with Crippen molar-refractivity contribution in [1.82, 2.24) is 5.32 Å². The minimum atomic E-state index is -4.58. The number of rotatable bonds is 17. The highest BCUT2D eigenvalue weighted by atomic mass is 127. The molecule has 0 aliphatic carbocycles. The Morgan fingerprint density at radius 2 is 1.62 bits per heavy atom. The topological polar surface area (TPSA) is 184 Å². The fraction of sp³-hybridized carbons (Fsp3) is 0.571. The van der Waals surface area contributed by atoms with Gasteiger partial charge in [0.15, 0.2) is 11.6 Å². The molecule has 0 aliphatic rings. The number of ketones is 2. The van der Waals surface area contributed by atoms with Gasteiger partial charge in [-0.25, -0.2) is 0 Å². The number of carbonyl (C=O) groups excluding carboxylic acids is 3. The molecule has 0 radical (unpaired) electrons. The summed E-state index contributed by atoms with van der Waals surface area (Å²) >= 11 is -0.767. The van der Waals surface area contributed by atoms with Gasteiger partial charge in [-0.1, -0.05) is 60.2 Å². The lowest BCUT2D eigenvalue weighted by Gasteiger charge is -2.19. The Kier molecular flexibility index (Phi) is 13.6. The van der Waals surface area contributed by atoms with E-state index in [9.17, 15) is 36.1 Å². The van der Waals surface area contributed by atoms with Gasteiger partial charge in [-0.05, 0) is 49.9 Å². The number of benzene rings is 1. The highest BCUT2D eigenvalue weighted by Crippen LogP contribution is 2.17. The van der Waals surface area contributed by atoms with Crippen molar-refractivity contribution in [2.24, 2.45) is 11.7 Å². The molecule has 34 heavy (non-hydrogen) atoms. The second-order valence-electron chi connectivity index (χ2n) is 7.87. The van der Waals surface area contributed by atoms with Crippen molar-refractivity contribution < 1.29 is 36.1 Å². The molecule has 0 saturated heterocycles. The van der Waals surface area contributed by atoms with E-state index in [0.29, 0.717) is 23.9 Å². The van der Waals surface area contributed by atoms with Gasteiger partial charge in [-0.2, -0.15) is 8.42 Å². The SMILES string of the molecule is CC(CCCCNCCC(C(=O)c1ccc(C(=O)C(CCI)S(=O)(=O)O)cc1)S(=O)[O-])C(N)=O. The fourth-order valence-electron chi connectivity index (χ4n) is 3.20. The van der Waals surface area contributed by atoms with E-state index in [4.69, 9.17) is 5.73 Å². The van der Waals surface area contributed by atoms with E-state index in [1.165, 1.54) is 24.3 Å². The Balaban J connectivity index is 2.68. The molecule has 13 heteroatoms. The smallest absolute Gasteiger partial charge is 0.275 e. The molecule has 0 fully saturated rings. The number of amides is 1. The Hall–Kier alpha value is -1.26. The van der Waals surface area contributed by atoms with Crippen LogP contribution >= 0.6 is 22.6 Å². The Morgan fingerprint density at radius 3 is 2.09 bits per heavy atom. The summed E-state index contributed by atoms with van der Waals surface area (Å²) in [5.41, 5.74) is 5.27. The normalized spacial score (nSPS) is 15.3. The largest absolute Gasteiger partial charge is 0.772 e. The predicted molar refractivity (Wildman–Crippen MR) is 136 cm³/mol. The Morgan fingerprint density at radius 1 is 1.06 bits per heavy atom. The van der Waals surface area contributed by atoms with Crippen molar-refractivity contribution in [3.8, 4) is 0 Å². The van der Waals surface area contributed by atoms with E-state index >= 15 is 0 Å². The summed E-state index contributed by atoms with van der Waals surface area (Å²) in [6.45, 7) is 2.65. The van der Waals surface area contributed by atoms with Crippen molar-refractivity contribution >= 4 is 61.3 Å². The molecule has 1 rings (SSSR count). The summed E-state index contributed by atoms with van der Waals surface area (Å²) in [5, 5.41) is 0.192. The third-order valence-electron chi connectivity index (χ3n) is 5.31. The van der Waals surface area contributed by atoms with Crippen LogP contribution in [-0.4, -0.2) is 67.2 Å². The van der Waals surface area contributed by atoms with E-state index in [2.05, 4.69) is 5.32 Å². The molecule has 0 aromatic heterocycles. The van der Waals surface area contributed by atoms with E-state index in [1.807, 2.05) is 22.6 Å². The molecular weight excluding hydrogens is 599 g/mol. The van der Waals surface area contributed by atoms with Crippen LogP contribution in [-0.2, 0) is 26.0 Å². The fourth-order valence-corrected chi connectivity index (χ4v) is 5.69. The third kappa shape index (κ3) is 10.2. The molecule has 0 aliphatic heterocycles. The van der Waals surface area contributed by atoms with E-state index in [-0.39, 0.29) is 35.8 Å². The van der Waals surface area contributed by atoms with Crippen LogP contribution in [0.4, 0.5) is 0 Å². The third-order valence-corrected chi connectivity index (χ3v) is 8.02. The lowest BCUT2D eigenvalue weighted by atomic mass is 10.0. The average molecular weight is 630 g/mol. The lowest BCUT2D eigenvalue weighted by molar-refractivity contribution is -0.121. The van der Waals surface area contributed by atoms with Crippen molar-refractivity contribution in [1.29, 1.82) is 0 Å². The number of unbranched alkanes of at least 4 members (excludes halogenated alkanes) is 1. The number of Topliss-reactive ketones (excluding diaryl/α,β-unsaturated/α-hetero) is 2. The molecule has 0 heterocycles. The van der Waals surface area contributed by atoms with Crippen molar-refractivity contribution in [2.45, 2.75) is 49.5 Å². The van der Waals surface area contributed by atoms with Crippen LogP contribution in [0.15, 0.2) is 24.3 Å². The summed E-state index contributed by atoms with van der Waals surface area (Å²) in [4.78, 5) is 36.1. The quantitative estimate of drug-likeness (QED) is 0.0576. The van der Waals surface area contributed by atoms with Gasteiger partial charge in [0.25, 0.3) is 10.1 Å². The second-order valence-corrected chi connectivity index (χ2v) is 11.6. The number of carbonyl (C=O) groups is 3. The average Bonchev–Trinajstić information content (AvgIpc) is 2.77. The first kappa shape index (κ1) is 30.8. The van der Waals surface area contributed by atoms with Gasteiger partial charge in [-0.3, -0.25) is 23.1 Å². The molecule has 4 unspecified atom stereocenters. The maximum absolute atomic E-state index is 12.7. The zero-order valence-corrected chi connectivity index (χ0v) is 22.6. The van der Waals surface area contributed by atoms with Gasteiger partial charge in [0.1, 0.15) is 5.25 Å². The molecule has 10 nitrogen and oxygen atoms in total. The monoisotopic (exact) mass is 629 g/mol. The summed E-state index contributed by atoms with van der Waals surface area (Å²) in [6, 6.07) is 5.04. The number of halogens is 1. The first-order valence-electron chi connectivity index (χ1n) is 10.7. The van der Waals surface area contributed by atoms with Crippen LogP contribution in [0.3, 0.4) is 0 Å². The molecule has 1 aromatic rings. The number of nitrogens with one attached hydrogen (secondary N) is 1. The number of alkyl halides is 1. The number of nitrogens with two attached hydrogens (primary N) is 1. The molecule has 1 aromatic carbocycles. The molecule has 1 amide bonds. The van der Waals surface area contributed by atoms with Crippen LogP contribution in [0.1, 0.15) is 59.7 Å². The van der Waals surface area contributed by atoms with Crippen LogP contribution in [0.5, 0.6) is 0 Å². The number of hydrogen-bond acceptors (Lipinski definition) is 8. The summed E-state index contributed by atoms with van der Waals surface area (Å²) in [5.74, 6) is -1.97. The molecule has 4 atom stereocenters. The van der Waals surface area contributed by atoms with Gasteiger partial charge >= 0.3 is 0 Å². The van der Waals surface area contributed by atoms with Crippen LogP contribution in [0, 0.1) is 5.92 Å². The van der Waals surface area contributed by atoms with E-state index in [0.717, 1.165) is 12.8 Å². The van der Waals surface area contributed by atoms with Crippen LogP contribution < -0.4 is 11.1 Å². The lowest BCUT2D eigenvalue weighted by Crippen LogP contribution is -2.31. The highest BCUT2D eigenvalue weighted by Gasteiger charge is 2.31. The molecule has 192 valence electrons. The summed E-state index contributed by atoms with van der Waals surface area (Å²) in [6.07, 6.45) is 2.22. The van der Waals surface area contributed by atoms with Gasteiger partial charge in [-0.15, -0.1) is 0 Å². The van der Waals surface area contributed by atoms with Crippen molar-refractivity contribution in [3.63, 3.8) is 0 Å².